The third-order valence-electron chi connectivity index (χ3n) is 3.14. The number of nitrogens with two attached hydrogens (primary N) is 1. The van der Waals surface area contributed by atoms with Crippen LogP contribution in [0.1, 0.15) is 10.4 Å². The summed E-state index contributed by atoms with van der Waals surface area (Å²) >= 11 is 0. The molecule has 1 amide bonds. The molecule has 0 bridgehead atoms. The first-order chi connectivity index (χ1) is 9.67. The molecule has 0 saturated carbocycles. The highest BCUT2D eigenvalue weighted by Gasteiger charge is 2.28. The van der Waals surface area contributed by atoms with E-state index in [0.717, 1.165) is 0 Å². The highest BCUT2D eigenvalue weighted by atomic mass is 16.5. The maximum absolute atomic E-state index is 12.5. The Hall–Kier alpha value is -2.28. The predicted molar refractivity (Wildman–Crippen MR) is 72.0 cm³/mol. The van der Waals surface area contributed by atoms with Gasteiger partial charge in [0, 0.05) is 6.54 Å². The number of amidine groups is 1. The predicted octanol–water partition coefficient (Wildman–Crippen LogP) is 0.283. The fourth-order valence-electron chi connectivity index (χ4n) is 2.07. The molecule has 1 fully saturated rings. The van der Waals surface area contributed by atoms with Crippen molar-refractivity contribution in [3.05, 3.63) is 29.8 Å². The molecule has 1 aliphatic rings. The summed E-state index contributed by atoms with van der Waals surface area (Å²) in [5, 5.41) is 11.6. The van der Waals surface area contributed by atoms with Gasteiger partial charge in [-0.1, -0.05) is 17.3 Å². The van der Waals surface area contributed by atoms with Gasteiger partial charge in [0.25, 0.3) is 5.91 Å². The van der Waals surface area contributed by atoms with E-state index in [0.29, 0.717) is 24.5 Å². The van der Waals surface area contributed by atoms with Crippen molar-refractivity contribution in [1.29, 1.82) is 0 Å². The summed E-state index contributed by atoms with van der Waals surface area (Å²) in [5.41, 5.74) is 6.00. The normalized spacial score (nSPS) is 19.8. The molecule has 7 heteroatoms. The van der Waals surface area contributed by atoms with Gasteiger partial charge in [0.2, 0.25) is 0 Å². The minimum Gasteiger partial charge on any atom is -0.496 e. The number of carbonyl (C=O) groups is 1. The van der Waals surface area contributed by atoms with E-state index >= 15 is 0 Å². The number of nitrogens with zero attached hydrogens (tertiary/aromatic N) is 2. The van der Waals surface area contributed by atoms with Crippen molar-refractivity contribution in [2.24, 2.45) is 10.9 Å². The molecule has 0 aromatic heterocycles. The van der Waals surface area contributed by atoms with Crippen LogP contribution >= 0.6 is 0 Å². The zero-order valence-electron chi connectivity index (χ0n) is 11.2. The van der Waals surface area contributed by atoms with Crippen LogP contribution in [0.2, 0.25) is 0 Å². The zero-order valence-corrected chi connectivity index (χ0v) is 11.2. The minimum absolute atomic E-state index is 0.0393. The number of oxime groups is 1. The maximum Gasteiger partial charge on any atom is 0.257 e. The van der Waals surface area contributed by atoms with Crippen molar-refractivity contribution in [2.75, 3.05) is 26.8 Å². The monoisotopic (exact) mass is 279 g/mol. The molecule has 7 nitrogen and oxygen atoms in total. The Morgan fingerprint density at radius 2 is 2.30 bits per heavy atom. The molecule has 0 aliphatic carbocycles. The van der Waals surface area contributed by atoms with Crippen LogP contribution in [-0.2, 0) is 4.74 Å². The zero-order chi connectivity index (χ0) is 14.5. The van der Waals surface area contributed by atoms with Gasteiger partial charge < -0.3 is 25.3 Å². The van der Waals surface area contributed by atoms with Crippen molar-refractivity contribution >= 4 is 11.7 Å². The van der Waals surface area contributed by atoms with Crippen LogP contribution < -0.4 is 10.5 Å². The van der Waals surface area contributed by atoms with Crippen LogP contribution in [0, 0.1) is 0 Å². The van der Waals surface area contributed by atoms with Crippen LogP contribution in [0.4, 0.5) is 0 Å². The SMILES string of the molecule is COc1ccccc1C(=O)N1CCOC(C(N)=NO)C1. The Kier molecular flexibility index (Phi) is 4.41. The van der Waals surface area contributed by atoms with Crippen LogP contribution in [-0.4, -0.2) is 54.8 Å². The summed E-state index contributed by atoms with van der Waals surface area (Å²) in [5.74, 6) is 0.313. The lowest BCUT2D eigenvalue weighted by Gasteiger charge is -2.32. The smallest absolute Gasteiger partial charge is 0.257 e. The number of morpholine rings is 1. The maximum atomic E-state index is 12.5. The quantitative estimate of drug-likeness (QED) is 0.358. The molecule has 20 heavy (non-hydrogen) atoms. The lowest BCUT2D eigenvalue weighted by atomic mass is 10.1. The summed E-state index contributed by atoms with van der Waals surface area (Å²) in [4.78, 5) is 14.1. The number of para-hydroxylation sites is 1. The molecule has 3 N–H and O–H groups in total. The Bertz CT molecular complexity index is 518. The third kappa shape index (κ3) is 2.83. The van der Waals surface area contributed by atoms with Gasteiger partial charge in [-0.25, -0.2) is 0 Å². The average Bonchev–Trinajstić information content (AvgIpc) is 2.53. The Balaban J connectivity index is 2.16. The third-order valence-corrected chi connectivity index (χ3v) is 3.14. The van der Waals surface area contributed by atoms with Gasteiger partial charge in [0.05, 0.1) is 25.8 Å². The van der Waals surface area contributed by atoms with Crippen molar-refractivity contribution in [2.45, 2.75) is 6.10 Å². The topological polar surface area (TPSA) is 97.4 Å². The number of hydrogen-bond acceptors (Lipinski definition) is 5. The molecule has 1 unspecified atom stereocenters. The number of amides is 1. The van der Waals surface area contributed by atoms with Crippen molar-refractivity contribution in [1.82, 2.24) is 4.90 Å². The van der Waals surface area contributed by atoms with E-state index in [4.69, 9.17) is 20.4 Å². The summed E-state index contributed by atoms with van der Waals surface area (Å²) < 4.78 is 10.5. The molecule has 1 heterocycles. The minimum atomic E-state index is -0.590. The lowest BCUT2D eigenvalue weighted by molar-refractivity contribution is 0.00662. The van der Waals surface area contributed by atoms with Gasteiger partial charge in [-0.2, -0.15) is 0 Å². The molecule has 1 aliphatic heterocycles. The van der Waals surface area contributed by atoms with Gasteiger partial charge in [-0.3, -0.25) is 4.79 Å². The number of carbonyl (C=O) groups excluding carboxylic acids is 1. The highest BCUT2D eigenvalue weighted by Crippen LogP contribution is 2.20. The van der Waals surface area contributed by atoms with E-state index in [-0.39, 0.29) is 18.3 Å². The van der Waals surface area contributed by atoms with E-state index in [2.05, 4.69) is 5.16 Å². The number of hydrogen-bond donors (Lipinski definition) is 2. The van der Waals surface area contributed by atoms with Gasteiger partial charge >= 0.3 is 0 Å². The second-order valence-electron chi connectivity index (χ2n) is 4.34. The fraction of sp³-hybridized carbons (Fsp3) is 0.385. The van der Waals surface area contributed by atoms with E-state index in [1.807, 2.05) is 0 Å². The van der Waals surface area contributed by atoms with Crippen LogP contribution in [0.3, 0.4) is 0 Å². The van der Waals surface area contributed by atoms with Gasteiger partial charge in [-0.05, 0) is 12.1 Å². The Labute approximate surface area is 116 Å². The molecular weight excluding hydrogens is 262 g/mol. The number of ether oxygens (including phenoxy) is 2. The van der Waals surface area contributed by atoms with Gasteiger partial charge in [0.15, 0.2) is 5.84 Å². The average molecular weight is 279 g/mol. The van der Waals surface area contributed by atoms with E-state index in [1.165, 1.54) is 7.11 Å². The number of rotatable bonds is 3. The molecular formula is C13H17N3O4. The standard InChI is InChI=1S/C13H17N3O4/c1-19-10-5-3-2-4-9(10)13(17)16-6-7-20-11(8-16)12(14)15-18/h2-5,11,18H,6-8H2,1H3,(H2,14,15). The molecule has 2 rings (SSSR count). The highest BCUT2D eigenvalue weighted by molar-refractivity contribution is 5.97. The molecule has 1 atom stereocenters. The summed E-state index contributed by atoms with van der Waals surface area (Å²) in [6, 6.07) is 7.01. The molecule has 0 radical (unpaired) electrons. The largest absolute Gasteiger partial charge is 0.496 e. The first kappa shape index (κ1) is 14.1. The van der Waals surface area contributed by atoms with Crippen LogP contribution in [0.5, 0.6) is 5.75 Å². The Morgan fingerprint density at radius 3 is 3.00 bits per heavy atom. The lowest BCUT2D eigenvalue weighted by Crippen LogP contribution is -2.50. The van der Waals surface area contributed by atoms with Crippen molar-refractivity contribution < 1.29 is 19.5 Å². The molecule has 1 saturated heterocycles. The second kappa shape index (κ2) is 6.25. The molecule has 1 aromatic rings. The van der Waals surface area contributed by atoms with Crippen LogP contribution in [0.25, 0.3) is 0 Å². The van der Waals surface area contributed by atoms with E-state index < -0.39 is 6.10 Å². The molecule has 108 valence electrons. The number of methoxy groups -OCH3 is 1. The second-order valence-corrected chi connectivity index (χ2v) is 4.34. The van der Waals surface area contributed by atoms with Gasteiger partial charge in [0.1, 0.15) is 11.9 Å². The summed E-state index contributed by atoms with van der Waals surface area (Å²) in [6.07, 6.45) is -0.590. The fourth-order valence-corrected chi connectivity index (χ4v) is 2.07. The van der Waals surface area contributed by atoms with E-state index in [9.17, 15) is 4.79 Å². The van der Waals surface area contributed by atoms with Crippen LogP contribution in [0.15, 0.2) is 29.4 Å². The van der Waals surface area contributed by atoms with Gasteiger partial charge in [-0.15, -0.1) is 0 Å². The first-order valence-electron chi connectivity index (χ1n) is 6.18. The van der Waals surface area contributed by atoms with E-state index in [1.54, 1.807) is 29.2 Å². The van der Waals surface area contributed by atoms with Crippen molar-refractivity contribution in [3.8, 4) is 5.75 Å². The molecule has 0 spiro atoms. The number of benzene rings is 1. The first-order valence-corrected chi connectivity index (χ1v) is 6.18. The molecule has 1 aromatic carbocycles. The summed E-state index contributed by atoms with van der Waals surface area (Å²) in [6.45, 7) is 1.03. The summed E-state index contributed by atoms with van der Waals surface area (Å²) in [7, 11) is 1.52. The van der Waals surface area contributed by atoms with Crippen molar-refractivity contribution in [3.63, 3.8) is 0 Å². The Morgan fingerprint density at radius 1 is 1.55 bits per heavy atom.